The summed E-state index contributed by atoms with van der Waals surface area (Å²) in [6.45, 7) is 1.72. The van der Waals surface area contributed by atoms with Crippen molar-refractivity contribution >= 4 is 29.1 Å². The summed E-state index contributed by atoms with van der Waals surface area (Å²) in [4.78, 5) is 36.8. The molecular formula is C24H24N4O5. The second kappa shape index (κ2) is 9.25. The van der Waals surface area contributed by atoms with Gasteiger partial charge >= 0.3 is 0 Å². The molecule has 1 atom stereocenters. The van der Waals surface area contributed by atoms with E-state index >= 15 is 0 Å². The summed E-state index contributed by atoms with van der Waals surface area (Å²) in [5.41, 5.74) is 3.29. The number of aromatic nitrogens is 2. The molecule has 0 saturated heterocycles. The van der Waals surface area contributed by atoms with Gasteiger partial charge in [0.1, 0.15) is 17.6 Å². The molecule has 4 rings (SSSR count). The molecule has 2 heterocycles. The monoisotopic (exact) mass is 448 g/mol. The molecule has 2 aromatic carbocycles. The van der Waals surface area contributed by atoms with Crippen molar-refractivity contribution in [2.45, 2.75) is 26.0 Å². The standard InChI is InChI=1S/C24H24N4O5/c1-14(29)15-7-9-17(10-8-15)25-21(30)12-20-24(31)26-23-22(19(13-32-2)27-28(20)23)16-5-4-6-18(11-16)33-3/h4-11,20H,12-13H2,1-3H3,(H,25,30)(H,26,31). The van der Waals surface area contributed by atoms with Crippen LogP contribution in [0.2, 0.25) is 0 Å². The van der Waals surface area contributed by atoms with Crippen LogP contribution in [0.3, 0.4) is 0 Å². The number of amides is 2. The van der Waals surface area contributed by atoms with Gasteiger partial charge in [0.25, 0.3) is 5.91 Å². The molecule has 2 N–H and O–H groups in total. The number of rotatable bonds is 8. The first-order chi connectivity index (χ1) is 15.9. The van der Waals surface area contributed by atoms with Crippen LogP contribution in [0.5, 0.6) is 5.75 Å². The number of nitrogens with one attached hydrogen (secondary N) is 2. The summed E-state index contributed by atoms with van der Waals surface area (Å²) in [7, 11) is 3.16. The Morgan fingerprint density at radius 3 is 2.58 bits per heavy atom. The molecule has 9 heteroatoms. The number of ether oxygens (including phenoxy) is 2. The van der Waals surface area contributed by atoms with Gasteiger partial charge in [-0.15, -0.1) is 0 Å². The quantitative estimate of drug-likeness (QED) is 0.511. The van der Waals surface area contributed by atoms with E-state index < -0.39 is 6.04 Å². The zero-order chi connectivity index (χ0) is 23.5. The Morgan fingerprint density at radius 2 is 1.91 bits per heavy atom. The SMILES string of the molecule is COCc1nn2c(c1-c1cccc(OC)c1)NC(=O)C2CC(=O)Nc1ccc(C(C)=O)cc1. The van der Waals surface area contributed by atoms with E-state index in [4.69, 9.17) is 9.47 Å². The van der Waals surface area contributed by atoms with Crippen LogP contribution in [0.4, 0.5) is 11.5 Å². The molecule has 1 aliphatic rings. The van der Waals surface area contributed by atoms with Crippen molar-refractivity contribution < 1.29 is 23.9 Å². The molecule has 1 aliphatic heterocycles. The first-order valence-corrected chi connectivity index (χ1v) is 10.4. The average Bonchev–Trinajstić information content (AvgIpc) is 3.29. The average molecular weight is 448 g/mol. The zero-order valence-corrected chi connectivity index (χ0v) is 18.5. The third kappa shape index (κ3) is 4.49. The smallest absolute Gasteiger partial charge is 0.251 e. The van der Waals surface area contributed by atoms with Crippen LogP contribution in [0.15, 0.2) is 48.5 Å². The summed E-state index contributed by atoms with van der Waals surface area (Å²) in [5.74, 6) is 0.481. The first kappa shape index (κ1) is 22.2. The highest BCUT2D eigenvalue weighted by atomic mass is 16.5. The van der Waals surface area contributed by atoms with Gasteiger partial charge in [0.2, 0.25) is 5.91 Å². The van der Waals surface area contributed by atoms with Crippen molar-refractivity contribution in [3.63, 3.8) is 0 Å². The van der Waals surface area contributed by atoms with E-state index in [2.05, 4.69) is 15.7 Å². The summed E-state index contributed by atoms with van der Waals surface area (Å²) in [6, 6.07) is 13.2. The Hall–Kier alpha value is -3.98. The Kier molecular flexibility index (Phi) is 6.23. The minimum atomic E-state index is -0.800. The molecule has 3 aromatic rings. The van der Waals surface area contributed by atoms with Crippen molar-refractivity contribution in [3.8, 4) is 16.9 Å². The molecule has 0 fully saturated rings. The van der Waals surface area contributed by atoms with Crippen molar-refractivity contribution in [1.82, 2.24) is 9.78 Å². The highest BCUT2D eigenvalue weighted by Gasteiger charge is 2.37. The third-order valence-electron chi connectivity index (χ3n) is 5.42. The summed E-state index contributed by atoms with van der Waals surface area (Å²) >= 11 is 0. The minimum Gasteiger partial charge on any atom is -0.497 e. The number of nitrogens with zero attached hydrogens (tertiary/aromatic N) is 2. The number of benzene rings is 2. The second-order valence-electron chi connectivity index (χ2n) is 7.67. The molecule has 0 bridgehead atoms. The fourth-order valence-corrected chi connectivity index (χ4v) is 3.81. The summed E-state index contributed by atoms with van der Waals surface area (Å²) < 4.78 is 12.2. The Morgan fingerprint density at radius 1 is 1.15 bits per heavy atom. The van der Waals surface area contributed by atoms with Crippen LogP contribution >= 0.6 is 0 Å². The van der Waals surface area contributed by atoms with E-state index in [0.717, 1.165) is 11.1 Å². The van der Waals surface area contributed by atoms with Gasteiger partial charge in [-0.25, -0.2) is 4.68 Å². The number of hydrogen-bond acceptors (Lipinski definition) is 6. The van der Waals surface area contributed by atoms with Crippen LogP contribution in [0, 0.1) is 0 Å². The number of carbonyl (C=O) groups excluding carboxylic acids is 3. The number of fused-ring (bicyclic) bond motifs is 1. The van der Waals surface area contributed by atoms with Crippen LogP contribution in [-0.2, 0) is 20.9 Å². The number of ketones is 1. The van der Waals surface area contributed by atoms with Crippen LogP contribution < -0.4 is 15.4 Å². The zero-order valence-electron chi connectivity index (χ0n) is 18.5. The van der Waals surface area contributed by atoms with E-state index in [1.165, 1.54) is 6.92 Å². The number of anilines is 2. The maximum absolute atomic E-state index is 12.7. The van der Waals surface area contributed by atoms with Gasteiger partial charge < -0.3 is 20.1 Å². The highest BCUT2D eigenvalue weighted by molar-refractivity contribution is 6.04. The summed E-state index contributed by atoms with van der Waals surface area (Å²) in [5, 5.41) is 10.2. The maximum Gasteiger partial charge on any atom is 0.251 e. The predicted molar refractivity (Wildman–Crippen MR) is 122 cm³/mol. The number of Topliss-reactive ketones (excluding diaryl/α,β-unsaturated/α-hetero) is 1. The third-order valence-corrected chi connectivity index (χ3v) is 5.42. The van der Waals surface area contributed by atoms with Gasteiger partial charge in [-0.3, -0.25) is 14.4 Å². The van der Waals surface area contributed by atoms with Crippen LogP contribution in [0.25, 0.3) is 11.1 Å². The molecule has 0 radical (unpaired) electrons. The normalized spacial score (nSPS) is 14.5. The molecule has 0 spiro atoms. The fraction of sp³-hybridized carbons (Fsp3) is 0.250. The number of carbonyl (C=O) groups is 3. The van der Waals surface area contributed by atoms with Crippen molar-refractivity contribution in [3.05, 3.63) is 59.8 Å². The largest absolute Gasteiger partial charge is 0.497 e. The lowest BCUT2D eigenvalue weighted by Gasteiger charge is -2.10. The maximum atomic E-state index is 12.7. The number of hydrogen-bond donors (Lipinski definition) is 2. The number of methoxy groups -OCH3 is 2. The van der Waals surface area contributed by atoms with Crippen LogP contribution in [0.1, 0.15) is 35.4 Å². The predicted octanol–water partition coefficient (Wildman–Crippen LogP) is 3.43. The lowest BCUT2D eigenvalue weighted by atomic mass is 10.1. The van der Waals surface area contributed by atoms with Gasteiger partial charge in [-0.05, 0) is 48.9 Å². The first-order valence-electron chi connectivity index (χ1n) is 10.4. The van der Waals surface area contributed by atoms with E-state index in [1.54, 1.807) is 43.2 Å². The van der Waals surface area contributed by atoms with Gasteiger partial charge in [0.05, 0.1) is 31.4 Å². The van der Waals surface area contributed by atoms with Gasteiger partial charge in [-0.1, -0.05) is 12.1 Å². The molecule has 33 heavy (non-hydrogen) atoms. The van der Waals surface area contributed by atoms with E-state index in [-0.39, 0.29) is 30.6 Å². The highest BCUT2D eigenvalue weighted by Crippen LogP contribution is 2.39. The molecular weight excluding hydrogens is 424 g/mol. The van der Waals surface area contributed by atoms with Crippen molar-refractivity contribution in [2.24, 2.45) is 0 Å². The lowest BCUT2D eigenvalue weighted by molar-refractivity contribution is -0.123. The molecule has 1 aromatic heterocycles. The Balaban J connectivity index is 1.59. The van der Waals surface area contributed by atoms with E-state index in [9.17, 15) is 14.4 Å². The lowest BCUT2D eigenvalue weighted by Crippen LogP contribution is -2.24. The second-order valence-corrected chi connectivity index (χ2v) is 7.67. The Bertz CT molecular complexity index is 1220. The van der Waals surface area contributed by atoms with Gasteiger partial charge in [0.15, 0.2) is 5.78 Å². The molecule has 170 valence electrons. The van der Waals surface area contributed by atoms with Crippen LogP contribution in [-0.4, -0.2) is 41.6 Å². The molecule has 2 amide bonds. The fourth-order valence-electron chi connectivity index (χ4n) is 3.81. The van der Waals surface area contributed by atoms with Gasteiger partial charge in [-0.2, -0.15) is 5.10 Å². The van der Waals surface area contributed by atoms with Crippen molar-refractivity contribution in [1.29, 1.82) is 0 Å². The molecule has 9 nitrogen and oxygen atoms in total. The minimum absolute atomic E-state index is 0.0552. The molecule has 0 aliphatic carbocycles. The molecule has 0 saturated carbocycles. The van der Waals surface area contributed by atoms with Gasteiger partial charge in [0, 0.05) is 18.4 Å². The topological polar surface area (TPSA) is 112 Å². The molecule has 1 unspecified atom stereocenters. The van der Waals surface area contributed by atoms with E-state index in [1.807, 2.05) is 24.3 Å². The van der Waals surface area contributed by atoms with E-state index in [0.29, 0.717) is 28.5 Å². The van der Waals surface area contributed by atoms with Crippen molar-refractivity contribution in [2.75, 3.05) is 24.9 Å². The summed E-state index contributed by atoms with van der Waals surface area (Å²) in [6.07, 6.45) is -0.0983. The Labute approximate surface area is 190 Å².